The van der Waals surface area contributed by atoms with Crippen molar-refractivity contribution in [3.63, 3.8) is 0 Å². The minimum atomic E-state index is -0.833. The number of aliphatic hydroxyl groups is 1. The molecule has 97 heavy (non-hydrogen) atoms. The molecule has 0 spiro atoms. The van der Waals surface area contributed by atoms with Gasteiger partial charge in [0.2, 0.25) is 21.1 Å². The second-order valence-electron chi connectivity index (χ2n) is 18.9. The Hall–Kier alpha value is -5.62. The normalized spacial score (nSPS) is 13.9. The smallest absolute Gasteiger partial charge is 1.00 e. The number of nitrogens with two attached hydrogens (primary N) is 3. The molecule has 15 heterocycles. The first kappa shape index (κ1) is 82.1. The molecule has 28 nitrogen and oxygen atoms in total. The van der Waals surface area contributed by atoms with E-state index in [1.807, 2.05) is 29.0 Å². The van der Waals surface area contributed by atoms with Gasteiger partial charge in [0.15, 0.2) is 28.9 Å². The van der Waals surface area contributed by atoms with Gasteiger partial charge in [0, 0.05) is 65.6 Å². The molecule has 4 fully saturated rings. The molecule has 0 atom stereocenters. The number of aromatic nitrogens is 10. The molecular weight excluding hydrogens is 1490 g/mol. The van der Waals surface area contributed by atoms with Gasteiger partial charge in [-0.3, -0.25) is 14.6 Å². The summed E-state index contributed by atoms with van der Waals surface area (Å²) in [6, 6.07) is 9.98. The second-order valence-corrected chi connectivity index (χ2v) is 26.5. The number of hydrogen-bond acceptors (Lipinski definition) is 30. The largest absolute Gasteiger partial charge is 1.00 e. The van der Waals surface area contributed by atoms with Crippen LogP contribution in [0.5, 0.6) is 0 Å². The van der Waals surface area contributed by atoms with Crippen molar-refractivity contribution < 1.29 is 74.2 Å². The first-order valence-corrected chi connectivity index (χ1v) is 34.9. The van der Waals surface area contributed by atoms with E-state index in [0.29, 0.717) is 62.5 Å². The number of aldehydes is 1. The predicted octanol–water partition coefficient (Wildman–Crippen LogP) is 6.24. The van der Waals surface area contributed by atoms with Crippen molar-refractivity contribution in [1.29, 1.82) is 0 Å². The van der Waals surface area contributed by atoms with Gasteiger partial charge in [0.1, 0.15) is 9.58 Å². The van der Waals surface area contributed by atoms with E-state index in [1.54, 1.807) is 40.3 Å². The maximum atomic E-state index is 11.0. The Morgan fingerprint density at radius 2 is 1.04 bits per heavy atom. The number of fused-ring (bicyclic) bond motifs is 5. The second kappa shape index (κ2) is 41.8. The molecule has 513 valence electrons. The van der Waals surface area contributed by atoms with Crippen LogP contribution >= 0.6 is 126 Å². The van der Waals surface area contributed by atoms with Gasteiger partial charge in [-0.2, -0.15) is 15.0 Å². The van der Waals surface area contributed by atoms with E-state index < -0.39 is 11.7 Å². The molecule has 2 amide bonds. The van der Waals surface area contributed by atoms with Crippen molar-refractivity contribution in [3.8, 4) is 0 Å². The van der Waals surface area contributed by atoms with Crippen LogP contribution in [0.25, 0.3) is 51.1 Å². The minimum Gasteiger partial charge on any atom is -1.00 e. The average Bonchev–Trinajstić information content (AvgIpc) is 1.51. The van der Waals surface area contributed by atoms with Crippen LogP contribution in [0, 0.1) is 0 Å². The number of methoxy groups -OCH3 is 1. The Morgan fingerprint density at radius 1 is 0.608 bits per heavy atom. The zero-order chi connectivity index (χ0) is 67.1. The summed E-state index contributed by atoms with van der Waals surface area (Å²) in [6.45, 7) is 13.0. The van der Waals surface area contributed by atoms with Gasteiger partial charge >= 0.3 is 47.2 Å². The van der Waals surface area contributed by atoms with Gasteiger partial charge in [0.25, 0.3) is 5.56 Å². The number of primary amides is 2. The number of esters is 1. The molecule has 10 N–H and O–H groups in total. The SMILES string of the molecule is C.C1COCCN1.COC(=O)c1sccc1N.Clc1nc(Cl)c2sccc2n1.Clc1nc(N2CCOCC2)c2sccc2n1.NC(N)=O.O=Cc1cc2nc(Cl)nc(N3CCOCC3)c2s1.O=c1[nH]c(=O)c2sccc2[nH]1.OCc1cc2nc(Cl)nc(N3CCOCC3)c2s1.[B].[H-].[Na+]. The summed E-state index contributed by atoms with van der Waals surface area (Å²) in [7, 11) is 1.33. The van der Waals surface area contributed by atoms with Gasteiger partial charge in [-0.15, -0.1) is 68.0 Å². The molecule has 0 saturated carbocycles. The number of rotatable bonds is 6. The van der Waals surface area contributed by atoms with E-state index >= 15 is 0 Å². The van der Waals surface area contributed by atoms with Crippen LogP contribution in [0.2, 0.25) is 26.3 Å². The number of halogens is 5. The third kappa shape index (κ3) is 24.3. The standard InChI is InChI=1S/C11H12ClN3O2S.C11H10ClN3O2S.C10H10ClN3OS.C6H2Cl2N2S.C6H4N2O2S.C6H7NO2S.C4H9NO.CH4N2O.CH4.B.Na.H/c2*12-11-13-8-5-7(6-16)18-9(8)10(14-11)15-1-3-17-4-2-15;11-10-12-7-1-6-16-8(7)9(13-10)14-2-4-15-5-3-14;7-5-4-3(1-2-11-4)9-6(8)10-5;9-5-4-3(1-2-11-4)7-6(10)8-5;1-9-6(8)5-4(7)2-3-10-5;1-3-6-4-2-5-1;2-1(3)4;;;;/h5,16H,1-4,6H2;5-6H,1-4H2;1,6H,2-5H2;1-2H;1-2H,(H2,7,8,9,10);2-3H,7H2,1H3;5H,1-4H2;(H4,2,3,4);1H4;;;/q;;;;;;;;;;+1;-1. The molecule has 4 aliphatic heterocycles. The number of urea groups is 1. The summed E-state index contributed by atoms with van der Waals surface area (Å²) < 4.78 is 29.9. The number of aromatic amines is 2. The first-order chi connectivity index (χ1) is 45.4. The van der Waals surface area contributed by atoms with Gasteiger partial charge in [-0.25, -0.2) is 39.3 Å². The number of carbonyl (C=O) groups excluding carboxylic acids is 3. The first-order valence-electron chi connectivity index (χ1n) is 27.8. The quantitative estimate of drug-likeness (QED) is 0.0318. The van der Waals surface area contributed by atoms with E-state index in [2.05, 4.69) is 86.1 Å². The van der Waals surface area contributed by atoms with Crippen molar-refractivity contribution in [3.05, 3.63) is 120 Å². The van der Waals surface area contributed by atoms with Crippen LogP contribution in [-0.4, -0.2) is 194 Å². The topological polar surface area (TPSA) is 386 Å². The van der Waals surface area contributed by atoms with E-state index in [1.165, 1.54) is 63.8 Å². The molecular formula is C56H63BCl5N17NaO11S6. The number of anilines is 4. The third-order valence-electron chi connectivity index (χ3n) is 12.7. The van der Waals surface area contributed by atoms with E-state index in [9.17, 15) is 24.3 Å². The van der Waals surface area contributed by atoms with Crippen LogP contribution in [-0.2, 0) is 30.3 Å². The number of nitrogens with zero attached hydrogens (tertiary/aromatic N) is 11. The maximum Gasteiger partial charge on any atom is 1.00 e. The number of nitrogens with one attached hydrogen (secondary N) is 3. The summed E-state index contributed by atoms with van der Waals surface area (Å²) in [5.41, 5.74) is 17.5. The molecule has 15 rings (SSSR count). The Bertz CT molecular complexity index is 4400. The third-order valence-corrected chi connectivity index (χ3v) is 19.5. The number of nitrogen functional groups attached to an aromatic ring is 1. The van der Waals surface area contributed by atoms with E-state index in [4.69, 9.17) is 87.5 Å². The van der Waals surface area contributed by atoms with Gasteiger partial charge in [-0.05, 0) is 104 Å². The van der Waals surface area contributed by atoms with Crippen LogP contribution in [0.15, 0.2) is 67.5 Å². The predicted molar refractivity (Wildman–Crippen MR) is 389 cm³/mol. The number of hydrogen-bond donors (Lipinski definition) is 7. The summed E-state index contributed by atoms with van der Waals surface area (Å²) >= 11 is 37.8. The van der Waals surface area contributed by atoms with Crippen molar-refractivity contribution >= 4 is 227 Å². The van der Waals surface area contributed by atoms with E-state index in [0.717, 1.165) is 148 Å². The number of aliphatic hydroxyl groups excluding tert-OH is 1. The van der Waals surface area contributed by atoms with Gasteiger partial charge in [-0.1, -0.05) is 19.0 Å². The Labute approximate surface area is 628 Å². The Morgan fingerprint density at radius 3 is 1.51 bits per heavy atom. The van der Waals surface area contributed by atoms with E-state index in [-0.39, 0.29) is 80.8 Å². The van der Waals surface area contributed by atoms with Crippen molar-refractivity contribution in [1.82, 2.24) is 55.2 Å². The molecule has 4 saturated heterocycles. The zero-order valence-electron chi connectivity index (χ0n) is 52.0. The summed E-state index contributed by atoms with van der Waals surface area (Å²) in [4.78, 5) is 98.7. The Kier molecular flexibility index (Phi) is 35.4. The van der Waals surface area contributed by atoms with Crippen LogP contribution < -0.4 is 78.0 Å². The molecule has 0 aromatic carbocycles. The molecule has 3 radical (unpaired) electrons. The zero-order valence-corrected chi connectivity index (χ0v) is 61.6. The van der Waals surface area contributed by atoms with Crippen LogP contribution in [0.1, 0.15) is 33.1 Å². The molecule has 0 bridgehead atoms. The van der Waals surface area contributed by atoms with Crippen LogP contribution in [0.4, 0.5) is 27.9 Å². The van der Waals surface area contributed by atoms with Crippen molar-refractivity contribution in [2.75, 3.05) is 133 Å². The number of H-pyrrole nitrogens is 2. The molecule has 0 aliphatic carbocycles. The average molecular weight is 1550 g/mol. The number of thiophene rings is 6. The molecule has 0 unspecified atom stereocenters. The number of morpholine rings is 4. The summed E-state index contributed by atoms with van der Waals surface area (Å²) in [5.74, 6) is 2.21. The number of amides is 2. The molecule has 11 aromatic heterocycles. The van der Waals surface area contributed by atoms with Crippen molar-refractivity contribution in [2.45, 2.75) is 14.0 Å². The minimum absolute atomic E-state index is 0. The summed E-state index contributed by atoms with van der Waals surface area (Å²) in [6.07, 6.45) is 0.823. The molecule has 41 heteroatoms. The number of carbonyl (C=O) groups is 3. The molecule has 4 aliphatic rings. The molecule has 11 aromatic rings. The fraction of sp³-hybridized carbons (Fsp3) is 0.339. The fourth-order valence-corrected chi connectivity index (χ4v) is 14.5. The van der Waals surface area contributed by atoms with Crippen molar-refractivity contribution in [2.24, 2.45) is 11.5 Å². The van der Waals surface area contributed by atoms with Gasteiger partial charge < -0.3 is 72.4 Å². The fourth-order valence-electron chi connectivity index (χ4n) is 8.56. The number of ether oxygens (including phenoxy) is 5. The maximum absolute atomic E-state index is 11.0. The monoisotopic (exact) mass is 1550 g/mol. The van der Waals surface area contributed by atoms with Gasteiger partial charge in [0.05, 0.1) is 124 Å². The van der Waals surface area contributed by atoms with Crippen LogP contribution in [0.3, 0.4) is 0 Å². The summed E-state index contributed by atoms with van der Waals surface area (Å²) in [5, 5.41) is 21.2. The Balaban J connectivity index is 0.000000244.